The lowest BCUT2D eigenvalue weighted by Gasteiger charge is -2.45. The van der Waals surface area contributed by atoms with Crippen LogP contribution in [0.3, 0.4) is 0 Å². The van der Waals surface area contributed by atoms with E-state index in [-0.39, 0.29) is 0 Å². The van der Waals surface area contributed by atoms with Crippen LogP contribution >= 0.6 is 0 Å². The first kappa shape index (κ1) is 30.0. The molecule has 30 heavy (non-hydrogen) atoms. The fraction of sp³-hybridized carbons (Fsp3) is 0.826. The Hall–Kier alpha value is 0.0475. The Morgan fingerprint density at radius 1 is 0.567 bits per heavy atom. The minimum atomic E-state index is -3.19. The highest BCUT2D eigenvalue weighted by Gasteiger charge is 2.55. The highest BCUT2D eigenvalue weighted by Crippen LogP contribution is 2.36. The van der Waals surface area contributed by atoms with Gasteiger partial charge in [0, 0.05) is 0 Å². The van der Waals surface area contributed by atoms with Crippen molar-refractivity contribution in [2.75, 3.05) is 0 Å². The summed E-state index contributed by atoms with van der Waals surface area (Å²) in [6, 6.07) is 9.70. The van der Waals surface area contributed by atoms with Gasteiger partial charge in [-0.2, -0.15) is 0 Å². The Kier molecular flexibility index (Phi) is 13.6. The normalized spacial score (nSPS) is 13.1. The van der Waals surface area contributed by atoms with Crippen LogP contribution in [0.5, 0.6) is 0 Å². The molecule has 0 aliphatic carbocycles. The van der Waals surface area contributed by atoms with Gasteiger partial charge in [-0.25, -0.2) is 0 Å². The molecule has 0 bridgehead atoms. The van der Waals surface area contributed by atoms with Gasteiger partial charge in [0.05, 0.1) is 0 Å². The van der Waals surface area contributed by atoms with Gasteiger partial charge in [-0.05, 0) is 72.4 Å². The summed E-state index contributed by atoms with van der Waals surface area (Å²) in [5, 5.41) is 0. The van der Waals surface area contributed by atoms with Crippen molar-refractivity contribution in [3.63, 3.8) is 0 Å². The quantitative estimate of drug-likeness (QED) is 0.173. The number of hydrogen-bond acceptors (Lipinski definition) is 3. The summed E-state index contributed by atoms with van der Waals surface area (Å²) >= 11 is 0. The predicted molar refractivity (Wildman–Crippen MR) is 143 cm³/mol. The van der Waals surface area contributed by atoms with Crippen molar-refractivity contribution in [1.82, 2.24) is 0 Å². The van der Waals surface area contributed by atoms with Crippen molar-refractivity contribution in [3.8, 4) is 11.5 Å². The van der Waals surface area contributed by atoms with E-state index in [1.165, 1.54) is 0 Å². The van der Waals surface area contributed by atoms with E-state index in [4.69, 9.17) is 12.3 Å². The van der Waals surface area contributed by atoms with Crippen LogP contribution < -0.4 is 0 Å². The van der Waals surface area contributed by atoms with E-state index < -0.39 is 33.8 Å². The minimum Gasteiger partial charge on any atom is -0.407 e. The van der Waals surface area contributed by atoms with E-state index in [2.05, 4.69) is 80.4 Å². The molecular formula is C23H50O3Si4. The van der Waals surface area contributed by atoms with Crippen LogP contribution in [0.15, 0.2) is 12.2 Å². The molecule has 0 aliphatic rings. The Balaban J connectivity index is 6.83. The molecule has 0 spiro atoms. The van der Waals surface area contributed by atoms with E-state index in [0.717, 1.165) is 60.0 Å². The summed E-state index contributed by atoms with van der Waals surface area (Å²) in [6.45, 7) is 26.5. The van der Waals surface area contributed by atoms with Crippen molar-refractivity contribution in [1.29, 1.82) is 0 Å². The zero-order valence-corrected chi connectivity index (χ0v) is 25.8. The maximum atomic E-state index is 7.23. The molecule has 0 aromatic carbocycles. The molecular weight excluding hydrogens is 437 g/mol. The molecule has 0 unspecified atom stereocenters. The summed E-state index contributed by atoms with van der Waals surface area (Å²) in [5.41, 5.74) is 4.39. The van der Waals surface area contributed by atoms with E-state index in [1.807, 2.05) is 6.92 Å². The van der Waals surface area contributed by atoms with Crippen molar-refractivity contribution >= 4 is 33.8 Å². The van der Waals surface area contributed by atoms with Gasteiger partial charge >= 0.3 is 8.80 Å². The van der Waals surface area contributed by atoms with Crippen molar-refractivity contribution in [2.45, 2.75) is 124 Å². The number of hydrogen-bond donors (Lipinski definition) is 0. The predicted octanol–water partition coefficient (Wildman–Crippen LogP) is 8.11. The molecule has 0 saturated carbocycles. The molecule has 0 saturated heterocycles. The van der Waals surface area contributed by atoms with Gasteiger partial charge in [-0.3, -0.25) is 0 Å². The Morgan fingerprint density at radius 3 is 0.967 bits per heavy atom. The summed E-state index contributed by atoms with van der Waals surface area (Å²) in [4.78, 5) is 0. The minimum absolute atomic E-state index is 0.855. The second-order valence-electron chi connectivity index (χ2n) is 8.62. The lowest BCUT2D eigenvalue weighted by atomic mass is 10.4. The third-order valence-corrected chi connectivity index (χ3v) is 27.7. The van der Waals surface area contributed by atoms with Crippen LogP contribution in [0.1, 0.15) is 69.2 Å². The number of allylic oxidation sites excluding steroid dienone is 1. The average molecular weight is 487 g/mol. The van der Waals surface area contributed by atoms with Gasteiger partial charge in [0.15, 0.2) is 25.0 Å². The highest BCUT2D eigenvalue weighted by atomic mass is 28.5. The van der Waals surface area contributed by atoms with Gasteiger partial charge in [0.1, 0.15) is 0 Å². The van der Waals surface area contributed by atoms with Crippen molar-refractivity contribution in [3.05, 3.63) is 12.2 Å². The second kappa shape index (κ2) is 13.6. The smallest absolute Gasteiger partial charge is 0.407 e. The van der Waals surface area contributed by atoms with Crippen LogP contribution in [-0.4, -0.2) is 33.8 Å². The molecule has 0 atom stereocenters. The molecule has 0 fully saturated rings. The molecule has 0 aliphatic heterocycles. The molecule has 0 aromatic heterocycles. The van der Waals surface area contributed by atoms with Crippen molar-refractivity contribution < 1.29 is 12.3 Å². The van der Waals surface area contributed by atoms with Crippen LogP contribution in [0.4, 0.5) is 0 Å². The topological polar surface area (TPSA) is 27.7 Å². The fourth-order valence-electron chi connectivity index (χ4n) is 4.08. The largest absolute Gasteiger partial charge is 0.560 e. The highest BCUT2D eigenvalue weighted by molar-refractivity contribution is 6.95. The third-order valence-electron chi connectivity index (χ3n) is 7.28. The van der Waals surface area contributed by atoms with E-state index >= 15 is 0 Å². The van der Waals surface area contributed by atoms with Crippen LogP contribution in [0.25, 0.3) is 0 Å². The zero-order chi connectivity index (χ0) is 23.5. The Bertz CT molecular complexity index is 491. The fourth-order valence-corrected chi connectivity index (χ4v) is 23.2. The Labute approximate surface area is 193 Å². The van der Waals surface area contributed by atoms with Gasteiger partial charge in [-0.15, -0.1) is 0 Å². The van der Waals surface area contributed by atoms with Gasteiger partial charge in [0.25, 0.3) is 0 Å². The average Bonchev–Trinajstić information content (AvgIpc) is 2.78. The SMILES string of the molecule is C=C(C)C#C[Si](O[Si](CC)(CC)CC)(O[Si](CC)(CC)CC)O[Si](CC)(CC)CC. The molecule has 0 heterocycles. The molecule has 3 nitrogen and oxygen atoms in total. The Morgan fingerprint density at radius 2 is 0.800 bits per heavy atom. The van der Waals surface area contributed by atoms with E-state index in [1.54, 1.807) is 0 Å². The summed E-state index contributed by atoms with van der Waals surface area (Å²) in [6.07, 6.45) is 0. The monoisotopic (exact) mass is 486 g/mol. The van der Waals surface area contributed by atoms with Gasteiger partial charge in [-0.1, -0.05) is 74.8 Å². The second-order valence-corrected chi connectivity index (χ2v) is 25.9. The molecule has 0 aromatic rings. The third kappa shape index (κ3) is 7.87. The number of rotatable bonds is 15. The molecule has 176 valence electrons. The van der Waals surface area contributed by atoms with Gasteiger partial charge in [0.2, 0.25) is 0 Å². The first-order chi connectivity index (χ1) is 14.1. The van der Waals surface area contributed by atoms with Crippen LogP contribution in [0.2, 0.25) is 54.4 Å². The molecule has 0 amide bonds. The molecule has 0 radical (unpaired) electrons. The first-order valence-corrected chi connectivity index (χ1v) is 21.7. The lowest BCUT2D eigenvalue weighted by Crippen LogP contribution is -2.64. The van der Waals surface area contributed by atoms with Crippen molar-refractivity contribution in [2.24, 2.45) is 0 Å². The molecule has 0 N–H and O–H groups in total. The maximum Gasteiger partial charge on any atom is 0.560 e. The van der Waals surface area contributed by atoms with Crippen LogP contribution in [0, 0.1) is 11.5 Å². The zero-order valence-electron chi connectivity index (χ0n) is 21.8. The first-order valence-electron chi connectivity index (χ1n) is 12.4. The lowest BCUT2D eigenvalue weighted by molar-refractivity contribution is 0.261. The summed E-state index contributed by atoms with van der Waals surface area (Å²) in [7, 11) is -9.12. The molecule has 7 heteroatoms. The van der Waals surface area contributed by atoms with E-state index in [9.17, 15) is 0 Å². The van der Waals surface area contributed by atoms with E-state index in [0.29, 0.717) is 0 Å². The summed E-state index contributed by atoms with van der Waals surface area (Å²) < 4.78 is 21.7. The van der Waals surface area contributed by atoms with Crippen LogP contribution in [-0.2, 0) is 12.3 Å². The maximum absolute atomic E-state index is 7.23. The summed E-state index contributed by atoms with van der Waals surface area (Å²) in [5.74, 6) is 3.28. The van der Waals surface area contributed by atoms with Gasteiger partial charge < -0.3 is 12.3 Å². The standard InChI is InChI=1S/C23H50O3Si4/c1-12-27(13-2,14-3)24-30(22-21-23(10)11,25-28(15-4,16-5)17-6)26-29(18-7,19-8)20-9/h10,12-20H2,1-9,11H3. The molecule has 0 rings (SSSR count).